The molecule has 4 rings (SSSR count). The minimum absolute atomic E-state index is 0.184. The third-order valence-corrected chi connectivity index (χ3v) is 8.41. The fourth-order valence-electron chi connectivity index (χ4n) is 5.77. The van der Waals surface area contributed by atoms with Crippen molar-refractivity contribution in [2.24, 2.45) is 0 Å². The second-order valence-corrected chi connectivity index (χ2v) is 11.3. The van der Waals surface area contributed by atoms with Crippen molar-refractivity contribution in [1.82, 2.24) is 0 Å². The summed E-state index contributed by atoms with van der Waals surface area (Å²) < 4.78 is 0. The molecule has 1 aliphatic rings. The Morgan fingerprint density at radius 1 is 0.705 bits per heavy atom. The van der Waals surface area contributed by atoms with Gasteiger partial charge in [-0.25, -0.2) is 0 Å². The van der Waals surface area contributed by atoms with Gasteiger partial charge in [0.05, 0.1) is 0 Å². The van der Waals surface area contributed by atoms with Gasteiger partial charge in [0, 0.05) is 39.1 Å². The summed E-state index contributed by atoms with van der Waals surface area (Å²) in [6, 6.07) is 22.9. The SMILES string of the molecule is C=C/C(C=O)=C\C=C(/C)C(=O)Nc1ccc(C2(c3ccc(NC(=O)c4ccc(C=O)cc4)cc3)CCCCCCCC2)cc1. The van der Waals surface area contributed by atoms with Gasteiger partial charge in [0.25, 0.3) is 11.8 Å². The van der Waals surface area contributed by atoms with Crippen molar-refractivity contribution in [2.45, 2.75) is 63.7 Å². The number of carbonyl (C=O) groups is 4. The maximum absolute atomic E-state index is 12.8. The highest BCUT2D eigenvalue weighted by molar-refractivity contribution is 6.04. The first-order valence-electron chi connectivity index (χ1n) is 15.2. The number of carbonyl (C=O) groups excluding carboxylic acids is 4. The lowest BCUT2D eigenvalue weighted by Gasteiger charge is -2.36. The predicted octanol–water partition coefficient (Wildman–Crippen LogP) is 8.37. The summed E-state index contributed by atoms with van der Waals surface area (Å²) in [5.74, 6) is -0.464. The van der Waals surface area contributed by atoms with Gasteiger partial charge in [-0.05, 0) is 67.3 Å². The topological polar surface area (TPSA) is 92.3 Å². The van der Waals surface area contributed by atoms with E-state index in [0.717, 1.165) is 32.0 Å². The van der Waals surface area contributed by atoms with Crippen LogP contribution in [0.2, 0.25) is 0 Å². The van der Waals surface area contributed by atoms with Gasteiger partial charge in [-0.3, -0.25) is 19.2 Å². The normalized spacial score (nSPS) is 15.6. The number of allylic oxidation sites excluding steroid dienone is 4. The largest absolute Gasteiger partial charge is 0.322 e. The number of amides is 2. The molecule has 0 heterocycles. The lowest BCUT2D eigenvalue weighted by molar-refractivity contribution is -0.112. The van der Waals surface area contributed by atoms with E-state index in [0.29, 0.717) is 39.9 Å². The quantitative estimate of drug-likeness (QED) is 0.141. The lowest BCUT2D eigenvalue weighted by Crippen LogP contribution is -2.28. The van der Waals surface area contributed by atoms with Crippen LogP contribution in [0.1, 0.15) is 90.1 Å². The molecule has 0 saturated heterocycles. The van der Waals surface area contributed by atoms with E-state index in [1.165, 1.54) is 42.9 Å². The van der Waals surface area contributed by atoms with Crippen LogP contribution in [0.15, 0.2) is 109 Å². The van der Waals surface area contributed by atoms with E-state index >= 15 is 0 Å². The Balaban J connectivity index is 1.56. The molecular weight excluding hydrogens is 548 g/mol. The minimum Gasteiger partial charge on any atom is -0.322 e. The second-order valence-electron chi connectivity index (χ2n) is 11.3. The molecule has 6 heteroatoms. The third-order valence-electron chi connectivity index (χ3n) is 8.41. The first-order valence-corrected chi connectivity index (χ1v) is 15.2. The molecule has 1 aliphatic carbocycles. The van der Waals surface area contributed by atoms with Crippen LogP contribution in [0.25, 0.3) is 0 Å². The van der Waals surface area contributed by atoms with Gasteiger partial charge in [0.1, 0.15) is 12.6 Å². The Morgan fingerprint density at radius 3 is 1.73 bits per heavy atom. The van der Waals surface area contributed by atoms with Crippen molar-refractivity contribution in [2.75, 3.05) is 10.6 Å². The minimum atomic E-state index is -0.238. The van der Waals surface area contributed by atoms with Gasteiger partial charge in [0.2, 0.25) is 0 Å². The van der Waals surface area contributed by atoms with Crippen molar-refractivity contribution < 1.29 is 19.2 Å². The van der Waals surface area contributed by atoms with Crippen molar-refractivity contribution in [3.8, 4) is 0 Å². The molecule has 1 saturated carbocycles. The molecular formula is C38H40N2O4. The van der Waals surface area contributed by atoms with Gasteiger partial charge < -0.3 is 10.6 Å². The summed E-state index contributed by atoms with van der Waals surface area (Å²) in [5, 5.41) is 5.92. The molecule has 0 radical (unpaired) electrons. The smallest absolute Gasteiger partial charge is 0.255 e. The van der Waals surface area contributed by atoms with Gasteiger partial charge in [-0.15, -0.1) is 0 Å². The Labute approximate surface area is 260 Å². The maximum Gasteiger partial charge on any atom is 0.255 e. The number of nitrogens with one attached hydrogen (secondary N) is 2. The third kappa shape index (κ3) is 8.16. The lowest BCUT2D eigenvalue weighted by atomic mass is 9.68. The molecule has 3 aromatic rings. The van der Waals surface area contributed by atoms with Crippen LogP contribution in [-0.4, -0.2) is 24.4 Å². The highest BCUT2D eigenvalue weighted by Crippen LogP contribution is 2.43. The van der Waals surface area contributed by atoms with Crippen LogP contribution in [0.4, 0.5) is 11.4 Å². The van der Waals surface area contributed by atoms with Crippen LogP contribution in [0.3, 0.4) is 0 Å². The summed E-state index contributed by atoms with van der Waals surface area (Å²) in [6.45, 7) is 5.29. The van der Waals surface area contributed by atoms with Gasteiger partial charge in [-0.2, -0.15) is 0 Å². The van der Waals surface area contributed by atoms with E-state index in [4.69, 9.17) is 0 Å². The Hall–Kier alpha value is -4.84. The maximum atomic E-state index is 12.8. The van der Waals surface area contributed by atoms with Gasteiger partial charge in [-0.1, -0.05) is 99.7 Å². The molecule has 0 aromatic heterocycles. The van der Waals surface area contributed by atoms with E-state index in [9.17, 15) is 19.2 Å². The monoisotopic (exact) mass is 588 g/mol. The van der Waals surface area contributed by atoms with Gasteiger partial charge >= 0.3 is 0 Å². The number of anilines is 2. The summed E-state index contributed by atoms with van der Waals surface area (Å²) in [6.07, 6.45) is 15.3. The molecule has 0 bridgehead atoms. The van der Waals surface area contributed by atoms with Crippen molar-refractivity contribution in [3.63, 3.8) is 0 Å². The van der Waals surface area contributed by atoms with Crippen LogP contribution >= 0.6 is 0 Å². The predicted molar refractivity (Wildman–Crippen MR) is 177 cm³/mol. The Bertz CT molecular complexity index is 1510. The first kappa shape index (κ1) is 32.1. The molecule has 6 nitrogen and oxygen atoms in total. The van der Waals surface area contributed by atoms with E-state index in [1.54, 1.807) is 43.3 Å². The fraction of sp³-hybridized carbons (Fsp3) is 0.263. The summed E-state index contributed by atoms with van der Waals surface area (Å²) in [5.41, 5.74) is 5.55. The van der Waals surface area contributed by atoms with Crippen LogP contribution in [0.5, 0.6) is 0 Å². The van der Waals surface area contributed by atoms with Crippen molar-refractivity contribution >= 4 is 35.8 Å². The highest BCUT2D eigenvalue weighted by Gasteiger charge is 2.34. The summed E-state index contributed by atoms with van der Waals surface area (Å²) in [7, 11) is 0. The molecule has 3 aromatic carbocycles. The van der Waals surface area contributed by atoms with Crippen LogP contribution in [0, 0.1) is 0 Å². The molecule has 0 atom stereocenters. The average molecular weight is 589 g/mol. The van der Waals surface area contributed by atoms with E-state index < -0.39 is 0 Å². The number of rotatable bonds is 10. The molecule has 226 valence electrons. The molecule has 44 heavy (non-hydrogen) atoms. The summed E-state index contributed by atoms with van der Waals surface area (Å²) in [4.78, 5) is 47.5. The van der Waals surface area contributed by atoms with E-state index in [-0.39, 0.29) is 17.2 Å². The van der Waals surface area contributed by atoms with E-state index in [2.05, 4.69) is 41.5 Å². The Kier molecular flexibility index (Phi) is 11.4. The standard InChI is InChI=1S/C38H40N2O4/c1-3-29(26-41)11-10-28(2)36(43)39-34-20-16-32(17-21-34)38(24-8-6-4-5-7-9-25-38)33-18-22-35(23-19-33)40-37(44)31-14-12-30(27-42)13-15-31/h3,10-23,26-27H,1,4-9,24-25H2,2H3,(H,39,43)(H,40,44)/b28-10+,29-11+. The van der Waals surface area contributed by atoms with Crippen LogP contribution in [-0.2, 0) is 15.0 Å². The van der Waals surface area contributed by atoms with Crippen molar-refractivity contribution in [3.05, 3.63) is 131 Å². The fourth-order valence-corrected chi connectivity index (χ4v) is 5.77. The zero-order chi connectivity index (χ0) is 31.4. The van der Waals surface area contributed by atoms with Crippen molar-refractivity contribution in [1.29, 1.82) is 0 Å². The zero-order valence-electron chi connectivity index (χ0n) is 25.3. The Morgan fingerprint density at radius 2 is 1.23 bits per heavy atom. The molecule has 1 fully saturated rings. The number of hydrogen-bond donors (Lipinski definition) is 2. The first-order chi connectivity index (χ1) is 21.4. The molecule has 2 N–H and O–H groups in total. The zero-order valence-corrected chi connectivity index (χ0v) is 25.3. The number of aldehydes is 2. The summed E-state index contributed by atoms with van der Waals surface area (Å²) >= 11 is 0. The molecule has 0 unspecified atom stereocenters. The molecule has 0 spiro atoms. The number of benzene rings is 3. The van der Waals surface area contributed by atoms with E-state index in [1.807, 2.05) is 24.3 Å². The number of hydrogen-bond acceptors (Lipinski definition) is 4. The average Bonchev–Trinajstić information content (AvgIpc) is 3.19. The highest BCUT2D eigenvalue weighted by atomic mass is 16.2. The molecule has 2 amide bonds. The van der Waals surface area contributed by atoms with Crippen LogP contribution < -0.4 is 10.6 Å². The van der Waals surface area contributed by atoms with Gasteiger partial charge in [0.15, 0.2) is 0 Å². The molecule has 0 aliphatic heterocycles. The second kappa shape index (κ2) is 15.6.